The van der Waals surface area contributed by atoms with Crippen molar-refractivity contribution in [3.05, 3.63) is 75.8 Å². The summed E-state index contributed by atoms with van der Waals surface area (Å²) in [4.78, 5) is 15.5. The summed E-state index contributed by atoms with van der Waals surface area (Å²) in [5, 5.41) is 8.61. The Hall–Kier alpha value is -4.25. The van der Waals surface area contributed by atoms with Crippen LogP contribution in [0.4, 0.5) is 8.78 Å². The number of ether oxygens (including phenoxy) is 4. The number of carbonyl (C=O) groups is 1. The predicted molar refractivity (Wildman–Crippen MR) is 164 cm³/mol. The first kappa shape index (κ1) is 30.8. The number of hydrogen-bond acceptors (Lipinski definition) is 8. The van der Waals surface area contributed by atoms with Gasteiger partial charge in [0.05, 0.1) is 18.0 Å². The first-order valence-corrected chi connectivity index (χ1v) is 15.1. The van der Waals surface area contributed by atoms with Crippen LogP contribution in [0.15, 0.2) is 42.5 Å². The molecule has 2 aliphatic rings. The van der Waals surface area contributed by atoms with Crippen LogP contribution in [0.25, 0.3) is 11.0 Å². The van der Waals surface area contributed by atoms with Gasteiger partial charge in [-0.15, -0.1) is 13.9 Å². The molecule has 11 heteroatoms. The van der Waals surface area contributed by atoms with Gasteiger partial charge in [-0.2, -0.15) is 0 Å². The van der Waals surface area contributed by atoms with Gasteiger partial charge < -0.3 is 18.9 Å². The Bertz CT molecular complexity index is 1790. The molecule has 4 aromatic rings. The minimum absolute atomic E-state index is 0.00115. The molecule has 0 radical (unpaired) electrons. The van der Waals surface area contributed by atoms with Gasteiger partial charge in [-0.1, -0.05) is 36.4 Å². The Balaban J connectivity index is 1.38. The summed E-state index contributed by atoms with van der Waals surface area (Å²) < 4.78 is 50.3. The zero-order chi connectivity index (χ0) is 32.3. The molecule has 6 rings (SSSR count). The monoisotopic (exact) mass is 620 g/mol. The summed E-state index contributed by atoms with van der Waals surface area (Å²) in [7, 11) is 3.27. The van der Waals surface area contributed by atoms with E-state index in [1.54, 1.807) is 10.7 Å². The van der Waals surface area contributed by atoms with Gasteiger partial charge in [0.25, 0.3) is 0 Å². The predicted octanol–water partition coefficient (Wildman–Crippen LogP) is 6.41. The highest BCUT2D eigenvalue weighted by atomic mass is 19.3. The maximum Gasteiger partial charge on any atom is 0.586 e. The molecule has 238 valence electrons. The summed E-state index contributed by atoms with van der Waals surface area (Å²) in [5.74, 6) is -0.165. The Morgan fingerprint density at radius 3 is 2.56 bits per heavy atom. The molecule has 2 aliphatic heterocycles. The lowest BCUT2D eigenvalue weighted by Gasteiger charge is -2.34. The average molecular weight is 621 g/mol. The number of nitrogens with zero attached hydrogens (tertiary/aromatic N) is 4. The second kappa shape index (κ2) is 11.3. The maximum atomic E-state index is 13.8. The van der Waals surface area contributed by atoms with Gasteiger partial charge in [-0.05, 0) is 74.1 Å². The van der Waals surface area contributed by atoms with Gasteiger partial charge in [0.15, 0.2) is 11.5 Å². The number of alkyl halides is 2. The summed E-state index contributed by atoms with van der Waals surface area (Å²) in [5.41, 5.74) is 6.63. The Labute approximate surface area is 261 Å². The molecule has 0 N–H and O–H groups in total. The molecule has 9 nitrogen and oxygen atoms in total. The van der Waals surface area contributed by atoms with Crippen molar-refractivity contribution in [1.29, 1.82) is 0 Å². The summed E-state index contributed by atoms with van der Waals surface area (Å²) in [6.45, 7) is 11.6. The molecule has 45 heavy (non-hydrogen) atoms. The smallest absolute Gasteiger partial charge is 0.489 e. The Kier molecular flexibility index (Phi) is 7.71. The van der Waals surface area contributed by atoms with E-state index in [0.717, 1.165) is 50.8 Å². The van der Waals surface area contributed by atoms with Crippen molar-refractivity contribution in [3.63, 3.8) is 0 Å². The molecule has 0 aliphatic carbocycles. The van der Waals surface area contributed by atoms with Gasteiger partial charge in [-0.25, -0.2) is 4.68 Å². The first-order valence-electron chi connectivity index (χ1n) is 15.1. The normalized spacial score (nSPS) is 18.3. The van der Waals surface area contributed by atoms with Crippen LogP contribution in [0.1, 0.15) is 66.5 Å². The van der Waals surface area contributed by atoms with Crippen molar-refractivity contribution in [2.45, 2.75) is 72.4 Å². The van der Waals surface area contributed by atoms with E-state index in [9.17, 15) is 13.6 Å². The molecule has 0 spiro atoms. The molecule has 1 unspecified atom stereocenters. The summed E-state index contributed by atoms with van der Waals surface area (Å²) >= 11 is 0. The van der Waals surface area contributed by atoms with Crippen molar-refractivity contribution in [3.8, 4) is 17.2 Å². The fourth-order valence-electron chi connectivity index (χ4n) is 6.61. The van der Waals surface area contributed by atoms with E-state index in [0.29, 0.717) is 25.4 Å². The van der Waals surface area contributed by atoms with Crippen molar-refractivity contribution in [2.75, 3.05) is 13.7 Å². The number of benzene rings is 3. The lowest BCUT2D eigenvalue weighted by molar-refractivity contribution is -0.286. The molecule has 0 saturated carbocycles. The highest BCUT2D eigenvalue weighted by molar-refractivity contribution is 5.82. The van der Waals surface area contributed by atoms with E-state index in [1.807, 2.05) is 40.8 Å². The van der Waals surface area contributed by atoms with E-state index in [2.05, 4.69) is 51.1 Å². The number of rotatable bonds is 7. The highest BCUT2D eigenvalue weighted by Gasteiger charge is 2.45. The number of methoxy groups -OCH3 is 1. The van der Waals surface area contributed by atoms with E-state index in [4.69, 9.17) is 14.2 Å². The van der Waals surface area contributed by atoms with Gasteiger partial charge in [0.1, 0.15) is 17.4 Å². The van der Waals surface area contributed by atoms with Gasteiger partial charge in [0, 0.05) is 44.2 Å². The molecule has 3 heterocycles. The molecule has 0 fully saturated rings. The third-order valence-corrected chi connectivity index (χ3v) is 9.11. The van der Waals surface area contributed by atoms with Crippen molar-refractivity contribution in [1.82, 2.24) is 19.9 Å². The summed E-state index contributed by atoms with van der Waals surface area (Å²) in [6, 6.07) is 13.5. The van der Waals surface area contributed by atoms with Crippen LogP contribution >= 0.6 is 0 Å². The van der Waals surface area contributed by atoms with Crippen molar-refractivity contribution < 1.29 is 32.5 Å². The minimum Gasteiger partial charge on any atom is -0.489 e. The van der Waals surface area contributed by atoms with Crippen LogP contribution in [0, 0.1) is 19.3 Å². The number of esters is 1. The second-order valence-corrected chi connectivity index (χ2v) is 12.6. The van der Waals surface area contributed by atoms with Crippen LogP contribution in [-0.4, -0.2) is 51.9 Å². The molecule has 0 bridgehead atoms. The number of halogens is 2. The lowest BCUT2D eigenvalue weighted by atomic mass is 9.69. The van der Waals surface area contributed by atoms with E-state index < -0.39 is 11.7 Å². The van der Waals surface area contributed by atoms with Crippen LogP contribution < -0.4 is 14.2 Å². The fourth-order valence-corrected chi connectivity index (χ4v) is 6.61. The van der Waals surface area contributed by atoms with Gasteiger partial charge in [0.2, 0.25) is 0 Å². The number of aryl methyl sites for hydroxylation is 3. The van der Waals surface area contributed by atoms with E-state index >= 15 is 0 Å². The maximum absolute atomic E-state index is 13.8. The lowest BCUT2D eigenvalue weighted by Crippen LogP contribution is -2.34. The number of hydrogen-bond donors (Lipinski definition) is 0. The van der Waals surface area contributed by atoms with Crippen LogP contribution in [0.2, 0.25) is 0 Å². The Morgan fingerprint density at radius 1 is 1.11 bits per heavy atom. The molecule has 1 aromatic heterocycles. The van der Waals surface area contributed by atoms with E-state index in [1.165, 1.54) is 13.2 Å². The molecule has 0 saturated heterocycles. The van der Waals surface area contributed by atoms with E-state index in [-0.39, 0.29) is 29.5 Å². The largest absolute Gasteiger partial charge is 0.586 e. The molecular weight excluding hydrogens is 582 g/mol. The first-order chi connectivity index (χ1) is 21.3. The third-order valence-electron chi connectivity index (χ3n) is 9.11. The minimum atomic E-state index is -3.70. The van der Waals surface area contributed by atoms with Crippen molar-refractivity contribution in [2.24, 2.45) is 12.5 Å². The van der Waals surface area contributed by atoms with Crippen LogP contribution in [-0.2, 0) is 29.7 Å². The average Bonchev–Trinajstić information content (AvgIpc) is 3.45. The number of carbonyl (C=O) groups excluding carboxylic acids is 1. The zero-order valence-corrected chi connectivity index (χ0v) is 26.6. The van der Waals surface area contributed by atoms with Crippen LogP contribution in [0.3, 0.4) is 0 Å². The molecular formula is C34H38F2N4O5. The second-order valence-electron chi connectivity index (χ2n) is 12.6. The number of fused-ring (bicyclic) bond motifs is 3. The summed E-state index contributed by atoms with van der Waals surface area (Å²) in [6.07, 6.45) is -3.11. The quantitative estimate of drug-likeness (QED) is 0.219. The third kappa shape index (κ3) is 5.58. The van der Waals surface area contributed by atoms with Gasteiger partial charge >= 0.3 is 12.3 Å². The number of aromatic nitrogens is 3. The molecule has 3 aromatic carbocycles. The SMILES string of the molecule is CC[C@@H]1CN(Cc2cc(C(c3ccc4c(nnn4C)c3C)C(C)(C)C(=O)OC)ccc2C)Cc2cc3c(cc2O1)OC(F)(F)O3. The molecule has 2 atom stereocenters. The van der Waals surface area contributed by atoms with Crippen molar-refractivity contribution >= 4 is 17.0 Å². The standard InChI is InChI=1S/C34H38F2N4O5/c1-8-24-18-40(17-23-14-28-29(15-27(23)43-24)45-34(35,36)44-28)16-22-13-21(10-9-19(22)2)30(33(4,5)32(41)42-7)25-11-12-26-31(20(25)3)37-38-39(26)6/h9-15,24,30H,8,16-18H2,1-7H3/t24-,30?/m1/s1. The van der Waals surface area contributed by atoms with Gasteiger partial charge in [-0.3, -0.25) is 9.69 Å². The zero-order valence-electron chi connectivity index (χ0n) is 26.6. The topological polar surface area (TPSA) is 87.9 Å². The Morgan fingerprint density at radius 2 is 1.84 bits per heavy atom. The fraction of sp³-hybridized carbons (Fsp3) is 0.441. The van der Waals surface area contributed by atoms with Crippen LogP contribution in [0.5, 0.6) is 17.2 Å². The highest BCUT2D eigenvalue weighted by Crippen LogP contribution is 2.47. The molecule has 0 amide bonds.